The molecular weight excluding hydrogens is 336 g/mol. The van der Waals surface area contributed by atoms with Gasteiger partial charge in [-0.3, -0.25) is 9.59 Å². The topological polar surface area (TPSA) is 53.2 Å². The molecule has 3 aromatic rings. The maximum absolute atomic E-state index is 12.6. The summed E-state index contributed by atoms with van der Waals surface area (Å²) in [4.78, 5) is 30.4. The van der Waals surface area contributed by atoms with Crippen LogP contribution in [0.4, 0.5) is 0 Å². The second-order valence-electron chi connectivity index (χ2n) is 7.30. The molecule has 0 atom stereocenters. The number of rotatable bonds is 4. The fourth-order valence-electron chi connectivity index (χ4n) is 3.87. The van der Waals surface area contributed by atoms with Crippen LogP contribution in [0.1, 0.15) is 40.0 Å². The molecule has 2 aromatic carbocycles. The van der Waals surface area contributed by atoms with E-state index in [0.717, 1.165) is 18.4 Å². The van der Waals surface area contributed by atoms with Crippen LogP contribution in [-0.2, 0) is 17.6 Å². The van der Waals surface area contributed by atoms with Crippen molar-refractivity contribution in [3.63, 3.8) is 0 Å². The molecule has 4 heteroatoms. The van der Waals surface area contributed by atoms with E-state index in [-0.39, 0.29) is 24.5 Å². The van der Waals surface area contributed by atoms with Crippen LogP contribution >= 0.6 is 0 Å². The Morgan fingerprint density at radius 2 is 1.70 bits per heavy atom. The highest BCUT2D eigenvalue weighted by molar-refractivity contribution is 5.98. The van der Waals surface area contributed by atoms with E-state index in [0.29, 0.717) is 18.7 Å². The van der Waals surface area contributed by atoms with Gasteiger partial charge in [-0.1, -0.05) is 48.0 Å². The number of carbonyl (C=O) groups is 2. The number of Topliss-reactive ketones (excluding diaryl/α,β-unsaturated/α-hetero) is 1. The fraction of sp³-hybridized carbons (Fsp3) is 0.304. The third-order valence-corrected chi connectivity index (χ3v) is 5.46. The molecule has 0 unspecified atom stereocenters. The summed E-state index contributed by atoms with van der Waals surface area (Å²) < 4.78 is 0. The van der Waals surface area contributed by atoms with Crippen molar-refractivity contribution in [3.05, 3.63) is 70.9 Å². The largest absolute Gasteiger partial charge is 0.358 e. The molecular formula is C23H24N2O2. The van der Waals surface area contributed by atoms with Crippen LogP contribution in [0.25, 0.3) is 10.9 Å². The number of H-pyrrole nitrogens is 1. The van der Waals surface area contributed by atoms with Crippen molar-refractivity contribution < 1.29 is 9.59 Å². The Balaban J connectivity index is 1.37. The van der Waals surface area contributed by atoms with Gasteiger partial charge in [0, 0.05) is 54.5 Å². The molecule has 1 N–H and O–H groups in total. The molecule has 138 valence electrons. The summed E-state index contributed by atoms with van der Waals surface area (Å²) in [7, 11) is 0. The number of ketones is 1. The molecule has 0 spiro atoms. The van der Waals surface area contributed by atoms with Crippen LogP contribution in [0.5, 0.6) is 0 Å². The predicted octanol–water partition coefficient (Wildman–Crippen LogP) is 4.07. The lowest BCUT2D eigenvalue weighted by atomic mass is 10.0. The zero-order valence-corrected chi connectivity index (χ0v) is 15.6. The molecule has 0 saturated carbocycles. The first-order valence-corrected chi connectivity index (χ1v) is 9.58. The first-order chi connectivity index (χ1) is 13.1. The van der Waals surface area contributed by atoms with Crippen molar-refractivity contribution in [1.29, 1.82) is 0 Å². The third-order valence-electron chi connectivity index (χ3n) is 5.46. The lowest BCUT2D eigenvalue weighted by Gasteiger charge is -2.20. The summed E-state index contributed by atoms with van der Waals surface area (Å²) >= 11 is 0. The Kier molecular flexibility index (Phi) is 4.80. The van der Waals surface area contributed by atoms with Crippen LogP contribution in [0.3, 0.4) is 0 Å². The minimum atomic E-state index is 0.0365. The number of nitrogens with zero attached hydrogens (tertiary/aromatic N) is 1. The lowest BCUT2D eigenvalue weighted by molar-refractivity contribution is -0.131. The van der Waals surface area contributed by atoms with Gasteiger partial charge in [0.15, 0.2) is 5.78 Å². The van der Waals surface area contributed by atoms with Crippen molar-refractivity contribution >= 4 is 22.6 Å². The van der Waals surface area contributed by atoms with Crippen molar-refractivity contribution in [1.82, 2.24) is 9.88 Å². The zero-order chi connectivity index (χ0) is 18.8. The molecule has 0 aliphatic carbocycles. The average molecular weight is 360 g/mol. The number of benzene rings is 2. The Labute approximate surface area is 159 Å². The van der Waals surface area contributed by atoms with Gasteiger partial charge in [-0.05, 0) is 25.0 Å². The summed E-state index contributed by atoms with van der Waals surface area (Å²) in [5.74, 6) is 0.110. The van der Waals surface area contributed by atoms with Crippen molar-refractivity contribution in [2.45, 2.75) is 32.6 Å². The first kappa shape index (κ1) is 17.5. The number of fused-ring (bicyclic) bond motifs is 3. The summed E-state index contributed by atoms with van der Waals surface area (Å²) in [6, 6.07) is 15.9. The van der Waals surface area contributed by atoms with Crippen LogP contribution in [0, 0.1) is 6.92 Å². The van der Waals surface area contributed by atoms with Crippen LogP contribution in [0.15, 0.2) is 48.5 Å². The van der Waals surface area contributed by atoms with E-state index in [1.807, 2.05) is 42.2 Å². The van der Waals surface area contributed by atoms with Gasteiger partial charge in [0.2, 0.25) is 5.91 Å². The minimum Gasteiger partial charge on any atom is -0.358 e. The number of aromatic amines is 1. The summed E-state index contributed by atoms with van der Waals surface area (Å²) in [5.41, 5.74) is 5.55. The number of aryl methyl sites for hydroxylation is 1. The number of para-hydroxylation sites is 1. The Bertz CT molecular complexity index is 985. The van der Waals surface area contributed by atoms with Gasteiger partial charge >= 0.3 is 0 Å². The maximum atomic E-state index is 12.6. The van der Waals surface area contributed by atoms with Crippen molar-refractivity contribution in [3.8, 4) is 0 Å². The van der Waals surface area contributed by atoms with Gasteiger partial charge in [0.25, 0.3) is 0 Å². The maximum Gasteiger partial charge on any atom is 0.223 e. The van der Waals surface area contributed by atoms with Crippen molar-refractivity contribution in [2.75, 3.05) is 13.1 Å². The van der Waals surface area contributed by atoms with Gasteiger partial charge in [0.05, 0.1) is 0 Å². The van der Waals surface area contributed by atoms with Gasteiger partial charge in [-0.15, -0.1) is 0 Å². The monoisotopic (exact) mass is 360 g/mol. The average Bonchev–Trinajstić information content (AvgIpc) is 2.90. The van der Waals surface area contributed by atoms with Gasteiger partial charge in [0.1, 0.15) is 0 Å². The summed E-state index contributed by atoms with van der Waals surface area (Å²) in [6.07, 6.45) is 2.24. The molecule has 2 heterocycles. The number of amides is 1. The van der Waals surface area contributed by atoms with E-state index in [2.05, 4.69) is 23.2 Å². The number of carbonyl (C=O) groups excluding carboxylic acids is 2. The van der Waals surface area contributed by atoms with E-state index < -0.39 is 0 Å². The van der Waals surface area contributed by atoms with Crippen LogP contribution in [-0.4, -0.2) is 34.7 Å². The molecule has 4 rings (SSSR count). The van der Waals surface area contributed by atoms with E-state index in [9.17, 15) is 9.59 Å². The Hall–Kier alpha value is -2.88. The minimum absolute atomic E-state index is 0.0365. The molecule has 4 nitrogen and oxygen atoms in total. The lowest BCUT2D eigenvalue weighted by Crippen LogP contribution is -2.33. The summed E-state index contributed by atoms with van der Waals surface area (Å²) in [6.45, 7) is 3.42. The third kappa shape index (κ3) is 3.65. The molecule has 1 aromatic heterocycles. The van der Waals surface area contributed by atoms with E-state index in [4.69, 9.17) is 0 Å². The van der Waals surface area contributed by atoms with Gasteiger partial charge in [-0.2, -0.15) is 0 Å². The summed E-state index contributed by atoms with van der Waals surface area (Å²) in [5, 5.41) is 1.26. The molecule has 0 bridgehead atoms. The quantitative estimate of drug-likeness (QED) is 0.713. The molecule has 0 fully saturated rings. The molecule has 27 heavy (non-hydrogen) atoms. The zero-order valence-electron chi connectivity index (χ0n) is 15.6. The van der Waals surface area contributed by atoms with Crippen molar-refractivity contribution in [2.24, 2.45) is 0 Å². The molecule has 1 aliphatic heterocycles. The number of hydrogen-bond donors (Lipinski definition) is 1. The van der Waals surface area contributed by atoms with Gasteiger partial charge in [-0.25, -0.2) is 0 Å². The highest BCUT2D eigenvalue weighted by atomic mass is 16.2. The smallest absolute Gasteiger partial charge is 0.223 e. The number of aromatic nitrogens is 1. The predicted molar refractivity (Wildman–Crippen MR) is 107 cm³/mol. The molecule has 0 saturated heterocycles. The van der Waals surface area contributed by atoms with E-state index in [1.165, 1.54) is 22.2 Å². The highest BCUT2D eigenvalue weighted by Crippen LogP contribution is 2.25. The molecule has 1 amide bonds. The normalized spacial score (nSPS) is 14.0. The van der Waals surface area contributed by atoms with E-state index in [1.54, 1.807) is 0 Å². The fourth-order valence-corrected chi connectivity index (χ4v) is 3.87. The number of hydrogen-bond acceptors (Lipinski definition) is 2. The Morgan fingerprint density at radius 3 is 2.52 bits per heavy atom. The molecule has 0 radical (unpaired) electrons. The van der Waals surface area contributed by atoms with E-state index >= 15 is 0 Å². The molecule has 1 aliphatic rings. The standard InChI is InChI=1S/C23H24N2O2/c1-16-6-8-17(9-7-16)22(26)10-11-23(27)25-14-12-19-18-4-2-3-5-20(18)24-21(19)13-15-25/h2-9,24H,10-15H2,1H3. The van der Waals surface area contributed by atoms with Crippen LogP contribution in [0.2, 0.25) is 0 Å². The van der Waals surface area contributed by atoms with Gasteiger partial charge < -0.3 is 9.88 Å². The second-order valence-corrected chi connectivity index (χ2v) is 7.30. The number of nitrogens with one attached hydrogen (secondary N) is 1. The van der Waals surface area contributed by atoms with Crippen LogP contribution < -0.4 is 0 Å². The SMILES string of the molecule is Cc1ccc(C(=O)CCC(=O)N2CCc3[nH]c4ccccc4c3CC2)cc1. The first-order valence-electron chi connectivity index (χ1n) is 9.58. The second kappa shape index (κ2) is 7.39. The highest BCUT2D eigenvalue weighted by Gasteiger charge is 2.21. The Morgan fingerprint density at radius 1 is 0.963 bits per heavy atom.